The maximum atomic E-state index is 12.5. The molecule has 1 saturated heterocycles. The lowest BCUT2D eigenvalue weighted by molar-refractivity contribution is 0.0668. The molecule has 1 atom stereocenters. The van der Waals surface area contributed by atoms with Crippen LogP contribution in [0.25, 0.3) is 0 Å². The molecule has 1 aliphatic heterocycles. The number of nitrogens with zero attached hydrogens (tertiary/aromatic N) is 1. The third kappa shape index (κ3) is 3.71. The van der Waals surface area contributed by atoms with Gasteiger partial charge in [-0.1, -0.05) is 11.6 Å². The highest BCUT2D eigenvalue weighted by Crippen LogP contribution is 2.25. The molecule has 0 aliphatic carbocycles. The van der Waals surface area contributed by atoms with Crippen molar-refractivity contribution in [2.75, 3.05) is 19.6 Å². The minimum Gasteiger partial charge on any atom is -0.338 e. The van der Waals surface area contributed by atoms with E-state index in [1.54, 1.807) is 12.1 Å². The first-order valence-electron chi connectivity index (χ1n) is 6.56. The summed E-state index contributed by atoms with van der Waals surface area (Å²) in [7, 11) is 0. The maximum absolute atomic E-state index is 12.5. The lowest BCUT2D eigenvalue weighted by Gasteiger charge is -2.33. The van der Waals surface area contributed by atoms with Gasteiger partial charge in [-0.25, -0.2) is 0 Å². The van der Waals surface area contributed by atoms with E-state index in [2.05, 4.69) is 15.9 Å². The summed E-state index contributed by atoms with van der Waals surface area (Å²) < 4.78 is 0.794. The fraction of sp³-hybridized carbons (Fsp3) is 0.500. The fourth-order valence-corrected chi connectivity index (χ4v) is 3.14. The summed E-state index contributed by atoms with van der Waals surface area (Å²) in [4.78, 5) is 14.4. The quantitative estimate of drug-likeness (QED) is 0.913. The van der Waals surface area contributed by atoms with Gasteiger partial charge >= 0.3 is 0 Å². The predicted molar refractivity (Wildman–Crippen MR) is 81.5 cm³/mol. The Kier molecular flexibility index (Phi) is 5.25. The van der Waals surface area contributed by atoms with E-state index in [0.29, 0.717) is 23.0 Å². The molecule has 1 amide bonds. The third-order valence-electron chi connectivity index (χ3n) is 3.54. The Morgan fingerprint density at radius 2 is 2.32 bits per heavy atom. The number of rotatable bonds is 3. The number of hydrogen-bond donors (Lipinski definition) is 1. The van der Waals surface area contributed by atoms with E-state index < -0.39 is 0 Å². The summed E-state index contributed by atoms with van der Waals surface area (Å²) in [5.41, 5.74) is 6.25. The number of piperidine rings is 1. The Morgan fingerprint density at radius 1 is 1.53 bits per heavy atom. The van der Waals surface area contributed by atoms with Gasteiger partial charge in [0, 0.05) is 22.6 Å². The Morgan fingerprint density at radius 3 is 3.05 bits per heavy atom. The van der Waals surface area contributed by atoms with E-state index in [9.17, 15) is 4.79 Å². The van der Waals surface area contributed by atoms with Crippen LogP contribution in [0.3, 0.4) is 0 Å². The molecular weight excluding hydrogens is 328 g/mol. The lowest BCUT2D eigenvalue weighted by atomic mass is 9.94. The first kappa shape index (κ1) is 14.8. The van der Waals surface area contributed by atoms with Gasteiger partial charge in [0.15, 0.2) is 0 Å². The lowest BCUT2D eigenvalue weighted by Crippen LogP contribution is -2.40. The van der Waals surface area contributed by atoms with Gasteiger partial charge in [0.25, 0.3) is 5.91 Å². The van der Waals surface area contributed by atoms with Crippen LogP contribution in [0.4, 0.5) is 0 Å². The van der Waals surface area contributed by atoms with E-state index in [-0.39, 0.29) is 5.91 Å². The molecule has 5 heteroatoms. The van der Waals surface area contributed by atoms with Gasteiger partial charge in [-0.3, -0.25) is 4.79 Å². The van der Waals surface area contributed by atoms with Gasteiger partial charge in [-0.15, -0.1) is 0 Å². The standard InChI is InChI=1S/C14H18BrClN2O/c15-13-4-3-11(16)8-12(13)14(19)18-7-1-2-10(9-18)5-6-17/h3-4,8,10H,1-2,5-7,9,17H2. The number of carbonyl (C=O) groups excluding carboxylic acids is 1. The molecule has 0 radical (unpaired) electrons. The van der Waals surface area contributed by atoms with E-state index in [0.717, 1.165) is 36.8 Å². The number of likely N-dealkylation sites (tertiary alicyclic amines) is 1. The number of nitrogens with two attached hydrogens (primary N) is 1. The van der Waals surface area contributed by atoms with Gasteiger partial charge in [0.05, 0.1) is 5.56 Å². The van der Waals surface area contributed by atoms with Crippen LogP contribution >= 0.6 is 27.5 Å². The highest BCUT2D eigenvalue weighted by Gasteiger charge is 2.25. The maximum Gasteiger partial charge on any atom is 0.255 e. The highest BCUT2D eigenvalue weighted by molar-refractivity contribution is 9.10. The van der Waals surface area contributed by atoms with E-state index in [1.807, 2.05) is 11.0 Å². The van der Waals surface area contributed by atoms with Crippen molar-refractivity contribution < 1.29 is 4.79 Å². The molecule has 3 nitrogen and oxygen atoms in total. The van der Waals surface area contributed by atoms with Crippen LogP contribution in [0.15, 0.2) is 22.7 Å². The molecule has 1 unspecified atom stereocenters. The first-order chi connectivity index (χ1) is 9.11. The van der Waals surface area contributed by atoms with Crippen molar-refractivity contribution >= 4 is 33.4 Å². The molecule has 0 aromatic heterocycles. The third-order valence-corrected chi connectivity index (χ3v) is 4.47. The number of benzene rings is 1. The molecule has 0 spiro atoms. The van der Waals surface area contributed by atoms with Crippen LogP contribution in [-0.4, -0.2) is 30.4 Å². The monoisotopic (exact) mass is 344 g/mol. The average molecular weight is 346 g/mol. The number of hydrogen-bond acceptors (Lipinski definition) is 2. The van der Waals surface area contributed by atoms with Crippen LogP contribution in [0.1, 0.15) is 29.6 Å². The van der Waals surface area contributed by atoms with Crippen molar-refractivity contribution in [1.29, 1.82) is 0 Å². The van der Waals surface area contributed by atoms with Crippen LogP contribution in [-0.2, 0) is 0 Å². The second-order valence-electron chi connectivity index (χ2n) is 4.96. The molecule has 19 heavy (non-hydrogen) atoms. The predicted octanol–water partition coefficient (Wildman–Crippen LogP) is 3.30. The molecule has 1 heterocycles. The number of amides is 1. The molecular formula is C14H18BrClN2O. The van der Waals surface area contributed by atoms with E-state index in [1.165, 1.54) is 0 Å². The molecule has 0 bridgehead atoms. The molecule has 1 aromatic rings. The van der Waals surface area contributed by atoms with Crippen molar-refractivity contribution in [3.05, 3.63) is 33.3 Å². The van der Waals surface area contributed by atoms with Gasteiger partial charge in [0.2, 0.25) is 0 Å². The largest absolute Gasteiger partial charge is 0.338 e. The van der Waals surface area contributed by atoms with Crippen molar-refractivity contribution in [2.45, 2.75) is 19.3 Å². The Balaban J connectivity index is 2.12. The smallest absolute Gasteiger partial charge is 0.255 e. The van der Waals surface area contributed by atoms with Gasteiger partial charge in [0.1, 0.15) is 0 Å². The highest BCUT2D eigenvalue weighted by atomic mass is 79.9. The zero-order valence-corrected chi connectivity index (χ0v) is 13.1. The second-order valence-corrected chi connectivity index (χ2v) is 6.25. The summed E-state index contributed by atoms with van der Waals surface area (Å²) in [6.45, 7) is 2.31. The summed E-state index contributed by atoms with van der Waals surface area (Å²) >= 11 is 9.39. The van der Waals surface area contributed by atoms with Crippen LogP contribution in [0.2, 0.25) is 5.02 Å². The van der Waals surface area contributed by atoms with Crippen molar-refractivity contribution in [1.82, 2.24) is 4.90 Å². The van der Waals surface area contributed by atoms with Crippen molar-refractivity contribution in [3.8, 4) is 0 Å². The summed E-state index contributed by atoms with van der Waals surface area (Å²) in [6, 6.07) is 5.31. The fourth-order valence-electron chi connectivity index (χ4n) is 2.55. The first-order valence-corrected chi connectivity index (χ1v) is 7.73. The summed E-state index contributed by atoms with van der Waals surface area (Å²) in [6.07, 6.45) is 3.20. The Labute approximate surface area is 127 Å². The normalized spacial score (nSPS) is 19.5. The molecule has 1 aromatic carbocycles. The van der Waals surface area contributed by atoms with Crippen molar-refractivity contribution in [3.63, 3.8) is 0 Å². The zero-order chi connectivity index (χ0) is 13.8. The molecule has 1 fully saturated rings. The summed E-state index contributed by atoms with van der Waals surface area (Å²) in [5, 5.41) is 0.585. The van der Waals surface area contributed by atoms with Gasteiger partial charge in [-0.05, 0) is 65.9 Å². The molecule has 2 N–H and O–H groups in total. The van der Waals surface area contributed by atoms with Gasteiger partial charge < -0.3 is 10.6 Å². The molecule has 2 rings (SSSR count). The van der Waals surface area contributed by atoms with Gasteiger partial charge in [-0.2, -0.15) is 0 Å². The summed E-state index contributed by atoms with van der Waals surface area (Å²) in [5.74, 6) is 0.580. The number of carbonyl (C=O) groups is 1. The molecule has 104 valence electrons. The molecule has 1 aliphatic rings. The average Bonchev–Trinajstić information content (AvgIpc) is 2.41. The number of halogens is 2. The zero-order valence-electron chi connectivity index (χ0n) is 10.7. The Bertz CT molecular complexity index is 465. The second kappa shape index (κ2) is 6.73. The Hall–Kier alpha value is -0.580. The molecule has 0 saturated carbocycles. The van der Waals surface area contributed by atoms with E-state index >= 15 is 0 Å². The SMILES string of the molecule is NCCC1CCCN(C(=O)c2cc(Cl)ccc2Br)C1. The topological polar surface area (TPSA) is 46.3 Å². The van der Waals surface area contributed by atoms with E-state index in [4.69, 9.17) is 17.3 Å². The van der Waals surface area contributed by atoms with Crippen LogP contribution < -0.4 is 5.73 Å². The minimum atomic E-state index is 0.0519. The van der Waals surface area contributed by atoms with Crippen LogP contribution in [0.5, 0.6) is 0 Å². The van der Waals surface area contributed by atoms with Crippen molar-refractivity contribution in [2.24, 2.45) is 11.7 Å². The minimum absolute atomic E-state index is 0.0519. The van der Waals surface area contributed by atoms with Crippen LogP contribution in [0, 0.1) is 5.92 Å².